The zero-order valence-corrected chi connectivity index (χ0v) is 15.4. The van der Waals surface area contributed by atoms with Crippen molar-refractivity contribution in [3.05, 3.63) is 46.9 Å². The first-order valence-corrected chi connectivity index (χ1v) is 9.36. The van der Waals surface area contributed by atoms with E-state index in [2.05, 4.69) is 19.9 Å². The summed E-state index contributed by atoms with van der Waals surface area (Å²) in [5.74, 6) is -0.330. The van der Waals surface area contributed by atoms with Crippen molar-refractivity contribution in [2.75, 3.05) is 31.1 Å². The Morgan fingerprint density at radius 2 is 1.89 bits per heavy atom. The van der Waals surface area contributed by atoms with Crippen molar-refractivity contribution in [2.24, 2.45) is 0 Å². The second-order valence-corrected chi connectivity index (χ2v) is 7.15. The Morgan fingerprint density at radius 3 is 2.59 bits per heavy atom. The Labute approximate surface area is 159 Å². The number of nitrogens with zero attached hydrogens (tertiary/aromatic N) is 5. The van der Waals surface area contributed by atoms with Crippen LogP contribution < -0.4 is 4.90 Å². The number of rotatable bonds is 3. The summed E-state index contributed by atoms with van der Waals surface area (Å²) in [6, 6.07) is 4.93. The molecule has 0 bridgehead atoms. The molecule has 3 aromatic rings. The largest absolute Gasteiger partial charge is 0.478 e. The van der Waals surface area contributed by atoms with Gasteiger partial charge >= 0.3 is 5.97 Å². The predicted octanol–water partition coefficient (Wildman–Crippen LogP) is 2.06. The number of amides is 1. The molecule has 1 aliphatic rings. The summed E-state index contributed by atoms with van der Waals surface area (Å²) >= 11 is 1.58. The van der Waals surface area contributed by atoms with Crippen LogP contribution in [0.2, 0.25) is 0 Å². The van der Waals surface area contributed by atoms with Crippen LogP contribution in [0.4, 0.5) is 5.82 Å². The molecule has 9 heteroatoms. The lowest BCUT2D eigenvalue weighted by atomic mass is 10.1. The predicted molar refractivity (Wildman–Crippen MR) is 101 cm³/mol. The second kappa shape index (κ2) is 6.92. The molecule has 138 valence electrons. The molecule has 0 atom stereocenters. The average molecular weight is 383 g/mol. The molecule has 0 aliphatic carbocycles. The van der Waals surface area contributed by atoms with Gasteiger partial charge in [0.1, 0.15) is 22.7 Å². The molecular weight excluding hydrogens is 366 g/mol. The zero-order chi connectivity index (χ0) is 19.0. The fourth-order valence-electron chi connectivity index (χ4n) is 3.22. The van der Waals surface area contributed by atoms with Gasteiger partial charge < -0.3 is 14.9 Å². The first-order chi connectivity index (χ1) is 13.0. The number of carboxylic acids is 1. The van der Waals surface area contributed by atoms with Gasteiger partial charge in [-0.3, -0.25) is 4.79 Å². The molecule has 0 saturated carbocycles. The normalized spacial score (nSPS) is 14.6. The summed E-state index contributed by atoms with van der Waals surface area (Å²) in [5.41, 5.74) is 0.723. The Kier molecular flexibility index (Phi) is 4.44. The summed E-state index contributed by atoms with van der Waals surface area (Å²) in [7, 11) is 0. The maximum atomic E-state index is 12.7. The third-order valence-corrected chi connectivity index (χ3v) is 5.46. The van der Waals surface area contributed by atoms with Gasteiger partial charge in [-0.25, -0.2) is 19.7 Å². The van der Waals surface area contributed by atoms with Gasteiger partial charge in [-0.1, -0.05) is 0 Å². The number of fused-ring (bicyclic) bond motifs is 1. The highest BCUT2D eigenvalue weighted by molar-refractivity contribution is 7.16. The lowest BCUT2D eigenvalue weighted by molar-refractivity contribution is 0.0690. The zero-order valence-electron chi connectivity index (χ0n) is 14.6. The van der Waals surface area contributed by atoms with E-state index in [9.17, 15) is 9.59 Å². The number of carbonyl (C=O) groups excluding carboxylic acids is 1. The number of hydrogen-bond acceptors (Lipinski definition) is 7. The summed E-state index contributed by atoms with van der Waals surface area (Å²) in [6.07, 6.45) is 1.57. The summed E-state index contributed by atoms with van der Waals surface area (Å²) in [5, 5.41) is 12.1. The first-order valence-electron chi connectivity index (χ1n) is 8.48. The molecule has 1 fully saturated rings. The van der Waals surface area contributed by atoms with Crippen molar-refractivity contribution in [1.82, 2.24) is 19.9 Å². The standard InChI is InChI=1S/C18H17N5O3S/c1-11-12(18(25)26)2-3-14(21-11)17(24)23-7-5-22(6-8-23)15-13-4-9-27-16(13)20-10-19-15/h2-4,9-10H,5-8H2,1H3,(H,25,26). The van der Waals surface area contributed by atoms with Crippen molar-refractivity contribution in [1.29, 1.82) is 0 Å². The van der Waals surface area contributed by atoms with Crippen LogP contribution in [-0.2, 0) is 0 Å². The highest BCUT2D eigenvalue weighted by Gasteiger charge is 2.25. The number of aryl methyl sites for hydroxylation is 1. The molecule has 0 radical (unpaired) electrons. The molecule has 0 aromatic carbocycles. The van der Waals surface area contributed by atoms with E-state index in [0.29, 0.717) is 31.9 Å². The third-order valence-electron chi connectivity index (χ3n) is 4.64. The number of hydrogen-bond donors (Lipinski definition) is 1. The molecule has 4 heterocycles. The van der Waals surface area contributed by atoms with Crippen LogP contribution in [-0.4, -0.2) is 63.0 Å². The fraction of sp³-hybridized carbons (Fsp3) is 0.278. The number of pyridine rings is 1. The van der Waals surface area contributed by atoms with E-state index < -0.39 is 5.97 Å². The number of carbonyl (C=O) groups is 2. The fourth-order valence-corrected chi connectivity index (χ4v) is 3.95. The summed E-state index contributed by atoms with van der Waals surface area (Å²) in [4.78, 5) is 41.5. The molecule has 0 unspecified atom stereocenters. The van der Waals surface area contributed by atoms with E-state index in [1.165, 1.54) is 12.1 Å². The van der Waals surface area contributed by atoms with Gasteiger partial charge in [-0.2, -0.15) is 0 Å². The topological polar surface area (TPSA) is 99.5 Å². The average Bonchev–Trinajstić information content (AvgIpc) is 3.16. The van der Waals surface area contributed by atoms with Crippen molar-refractivity contribution in [3.63, 3.8) is 0 Å². The lowest BCUT2D eigenvalue weighted by Gasteiger charge is -2.35. The van der Waals surface area contributed by atoms with Crippen LogP contribution in [0.25, 0.3) is 10.2 Å². The van der Waals surface area contributed by atoms with Crippen LogP contribution >= 0.6 is 11.3 Å². The highest BCUT2D eigenvalue weighted by atomic mass is 32.1. The highest BCUT2D eigenvalue weighted by Crippen LogP contribution is 2.27. The van der Waals surface area contributed by atoms with Crippen LogP contribution in [0.5, 0.6) is 0 Å². The number of aromatic carboxylic acids is 1. The van der Waals surface area contributed by atoms with Crippen LogP contribution in [0.15, 0.2) is 29.9 Å². The number of thiophene rings is 1. The first kappa shape index (κ1) is 17.3. The van der Waals surface area contributed by atoms with E-state index in [1.807, 2.05) is 11.4 Å². The van der Waals surface area contributed by atoms with Gasteiger partial charge in [-0.05, 0) is 30.5 Å². The Balaban J connectivity index is 1.47. The molecule has 1 amide bonds. The minimum absolute atomic E-state index is 0.111. The maximum Gasteiger partial charge on any atom is 0.337 e. The molecule has 3 aromatic heterocycles. The van der Waals surface area contributed by atoms with Crippen molar-refractivity contribution >= 4 is 39.2 Å². The maximum absolute atomic E-state index is 12.7. The quantitative estimate of drug-likeness (QED) is 0.739. The van der Waals surface area contributed by atoms with Gasteiger partial charge in [0.2, 0.25) is 0 Å². The number of anilines is 1. The molecule has 1 N–H and O–H groups in total. The Morgan fingerprint density at radius 1 is 1.11 bits per heavy atom. The van der Waals surface area contributed by atoms with Crippen molar-refractivity contribution in [3.8, 4) is 0 Å². The molecule has 8 nitrogen and oxygen atoms in total. The van der Waals surface area contributed by atoms with Crippen molar-refractivity contribution < 1.29 is 14.7 Å². The molecule has 4 rings (SSSR count). The van der Waals surface area contributed by atoms with Crippen molar-refractivity contribution in [2.45, 2.75) is 6.92 Å². The van der Waals surface area contributed by atoms with Gasteiger partial charge in [0.25, 0.3) is 5.91 Å². The summed E-state index contributed by atoms with van der Waals surface area (Å²) < 4.78 is 0. The minimum Gasteiger partial charge on any atom is -0.478 e. The number of aromatic nitrogens is 3. The van der Waals surface area contributed by atoms with E-state index in [4.69, 9.17) is 5.11 Å². The van der Waals surface area contributed by atoms with Gasteiger partial charge in [0.05, 0.1) is 16.6 Å². The van der Waals surface area contributed by atoms with Crippen LogP contribution in [0.1, 0.15) is 26.5 Å². The lowest BCUT2D eigenvalue weighted by Crippen LogP contribution is -2.49. The van der Waals surface area contributed by atoms with Gasteiger partial charge in [-0.15, -0.1) is 11.3 Å². The Hall–Kier alpha value is -3.07. The molecule has 1 saturated heterocycles. The van der Waals surface area contributed by atoms with E-state index in [-0.39, 0.29) is 17.2 Å². The SMILES string of the molecule is Cc1nc(C(=O)N2CCN(c3ncnc4sccc34)CC2)ccc1C(=O)O. The smallest absolute Gasteiger partial charge is 0.337 e. The van der Waals surface area contributed by atoms with E-state index >= 15 is 0 Å². The second-order valence-electron chi connectivity index (χ2n) is 6.25. The van der Waals surface area contributed by atoms with E-state index in [0.717, 1.165) is 16.0 Å². The number of carboxylic acid groups (broad SMARTS) is 1. The molecular formula is C18H17N5O3S. The minimum atomic E-state index is -1.04. The van der Waals surface area contributed by atoms with Gasteiger partial charge in [0, 0.05) is 26.2 Å². The third kappa shape index (κ3) is 3.21. The Bertz CT molecular complexity index is 1030. The summed E-state index contributed by atoms with van der Waals surface area (Å²) in [6.45, 7) is 4.03. The molecule has 0 spiro atoms. The molecule has 27 heavy (non-hydrogen) atoms. The van der Waals surface area contributed by atoms with E-state index in [1.54, 1.807) is 29.5 Å². The monoisotopic (exact) mass is 383 g/mol. The molecule has 1 aliphatic heterocycles. The van der Waals surface area contributed by atoms with Crippen LogP contribution in [0, 0.1) is 6.92 Å². The van der Waals surface area contributed by atoms with Crippen LogP contribution in [0.3, 0.4) is 0 Å². The van der Waals surface area contributed by atoms with Gasteiger partial charge in [0.15, 0.2) is 0 Å². The number of piperazine rings is 1.